The second kappa shape index (κ2) is 9.14. The van der Waals surface area contributed by atoms with Gasteiger partial charge in [0.2, 0.25) is 0 Å². The van der Waals surface area contributed by atoms with E-state index in [1.54, 1.807) is 30.3 Å². The first-order valence-corrected chi connectivity index (χ1v) is 10.4. The molecule has 0 atom stereocenters. The molecule has 0 unspecified atom stereocenters. The lowest BCUT2D eigenvalue weighted by Crippen LogP contribution is -1.99. The van der Waals surface area contributed by atoms with E-state index in [2.05, 4.69) is 0 Å². The first-order valence-electron chi connectivity index (χ1n) is 9.69. The van der Waals surface area contributed by atoms with Crippen molar-refractivity contribution in [2.24, 2.45) is 0 Å². The summed E-state index contributed by atoms with van der Waals surface area (Å²) in [7, 11) is 0. The summed E-state index contributed by atoms with van der Waals surface area (Å²) in [5.41, 5.74) is 3.49. The van der Waals surface area contributed by atoms with Crippen molar-refractivity contribution in [1.82, 2.24) is 0 Å². The van der Waals surface area contributed by atoms with Gasteiger partial charge in [-0.3, -0.25) is 4.79 Å². The third-order valence-electron chi connectivity index (χ3n) is 5.12. The zero-order valence-corrected chi connectivity index (χ0v) is 18.3. The van der Waals surface area contributed by atoms with Crippen LogP contribution in [0.25, 0.3) is 22.3 Å². The smallest absolute Gasteiger partial charge is 0.336 e. The normalized spacial score (nSPS) is 11.3. The maximum atomic E-state index is 13.2. The minimum atomic E-state index is -1.04. The van der Waals surface area contributed by atoms with Crippen molar-refractivity contribution >= 4 is 35.0 Å². The highest BCUT2D eigenvalue weighted by atomic mass is 35.5. The number of benzene rings is 4. The molecule has 4 aromatic rings. The average Bonchev–Trinajstić information content (AvgIpc) is 3.06. The molecule has 0 aromatic heterocycles. The Kier molecular flexibility index (Phi) is 6.27. The van der Waals surface area contributed by atoms with E-state index in [0.29, 0.717) is 27.8 Å². The summed E-state index contributed by atoms with van der Waals surface area (Å²) in [4.78, 5) is 23.0. The largest absolute Gasteiger partial charge is 0.478 e. The summed E-state index contributed by atoms with van der Waals surface area (Å²) in [6.07, 6.45) is 0. The van der Waals surface area contributed by atoms with Crippen LogP contribution >= 0.6 is 23.2 Å². The predicted molar refractivity (Wildman–Crippen MR) is 124 cm³/mol. The highest BCUT2D eigenvalue weighted by molar-refractivity contribution is 6.37. The van der Waals surface area contributed by atoms with E-state index < -0.39 is 17.6 Å². The summed E-state index contributed by atoms with van der Waals surface area (Å²) >= 11 is 11.9. The Morgan fingerprint density at radius 1 is 0.667 bits per heavy atom. The lowest BCUT2D eigenvalue weighted by molar-refractivity contribution is 0.0697. The molecule has 0 amide bonds. The van der Waals surface area contributed by atoms with Crippen molar-refractivity contribution in [2.75, 3.05) is 0 Å². The number of carboxylic acid groups (broad SMARTS) is 1. The number of hydrogen-bond donors (Lipinski definition) is 1. The van der Waals surface area contributed by atoms with Crippen molar-refractivity contribution in [3.63, 3.8) is 0 Å². The molecule has 7 heteroatoms. The molecule has 1 N–H and O–H groups in total. The average molecular weight is 483 g/mol. The molecule has 33 heavy (non-hydrogen) atoms. The Bertz CT molecular complexity index is 1420. The first-order chi connectivity index (χ1) is 15.8. The second-order valence-electron chi connectivity index (χ2n) is 7.16. The predicted octanol–water partition coefficient (Wildman–Crippen LogP) is 7.53. The van der Waals surface area contributed by atoms with Crippen LogP contribution in [0.15, 0.2) is 78.9 Å². The summed E-state index contributed by atoms with van der Waals surface area (Å²) < 4.78 is 26.1. The van der Waals surface area contributed by atoms with Crippen LogP contribution in [0.2, 0.25) is 10.0 Å². The van der Waals surface area contributed by atoms with E-state index in [9.17, 15) is 18.4 Å². The number of halogens is 4. The van der Waals surface area contributed by atoms with Gasteiger partial charge in [-0.25, -0.2) is 13.6 Å². The third-order valence-corrected chi connectivity index (χ3v) is 5.73. The molecule has 0 bridgehead atoms. The van der Waals surface area contributed by atoms with E-state index in [0.717, 1.165) is 11.6 Å². The third kappa shape index (κ3) is 4.38. The van der Waals surface area contributed by atoms with Crippen LogP contribution in [0.1, 0.15) is 26.3 Å². The lowest BCUT2D eigenvalue weighted by Gasteiger charge is -2.07. The zero-order chi connectivity index (χ0) is 23.7. The monoisotopic (exact) mass is 482 g/mol. The maximum Gasteiger partial charge on any atom is 0.336 e. The van der Waals surface area contributed by atoms with Crippen molar-refractivity contribution < 1.29 is 23.5 Å². The summed E-state index contributed by atoms with van der Waals surface area (Å²) in [5.74, 6) is -2.13. The van der Waals surface area contributed by atoms with Gasteiger partial charge in [0.15, 0.2) is 5.78 Å². The van der Waals surface area contributed by atoms with Gasteiger partial charge >= 0.3 is 5.97 Å². The van der Waals surface area contributed by atoms with Crippen molar-refractivity contribution in [3.05, 3.63) is 117 Å². The Hall–Kier alpha value is -3.54. The fourth-order valence-corrected chi connectivity index (χ4v) is 4.26. The van der Waals surface area contributed by atoms with Gasteiger partial charge < -0.3 is 5.11 Å². The number of carboxylic acids is 1. The molecule has 0 heterocycles. The van der Waals surface area contributed by atoms with Crippen LogP contribution in [0.5, 0.6) is 0 Å². The zero-order valence-electron chi connectivity index (χ0n) is 16.8. The van der Waals surface area contributed by atoms with Gasteiger partial charge in [0.1, 0.15) is 11.6 Å². The fourth-order valence-electron chi connectivity index (χ4n) is 3.68. The van der Waals surface area contributed by atoms with Gasteiger partial charge in [0.25, 0.3) is 0 Å². The van der Waals surface area contributed by atoms with Crippen molar-refractivity contribution in [2.45, 2.75) is 0 Å². The topological polar surface area (TPSA) is 54.4 Å². The van der Waals surface area contributed by atoms with Crippen LogP contribution in [0.4, 0.5) is 8.78 Å². The van der Waals surface area contributed by atoms with E-state index in [4.69, 9.17) is 28.3 Å². The minimum absolute atomic E-state index is 0.140. The van der Waals surface area contributed by atoms with Gasteiger partial charge in [-0.2, -0.15) is 0 Å². The SMILES string of the molecule is O=C(O)c1ccccc1-c1ccc(F)cc1Cl.O=C1c2ccccc2-c2c(Cl)cc(F)cc21. The van der Waals surface area contributed by atoms with Crippen LogP contribution in [0, 0.1) is 11.6 Å². The molecule has 0 spiro atoms. The molecular weight excluding hydrogens is 469 g/mol. The number of hydrogen-bond acceptors (Lipinski definition) is 2. The van der Waals surface area contributed by atoms with Gasteiger partial charge in [-0.1, -0.05) is 65.7 Å². The molecule has 1 aliphatic carbocycles. The number of carbonyl (C=O) groups excluding carboxylic acids is 1. The maximum absolute atomic E-state index is 13.2. The van der Waals surface area contributed by atoms with E-state index >= 15 is 0 Å². The Morgan fingerprint density at radius 2 is 1.27 bits per heavy atom. The molecule has 0 radical (unpaired) electrons. The highest BCUT2D eigenvalue weighted by Crippen LogP contribution is 2.41. The molecule has 5 rings (SSSR count). The molecule has 1 aliphatic rings. The quantitative estimate of drug-likeness (QED) is 0.282. The van der Waals surface area contributed by atoms with Crippen LogP contribution in [0.3, 0.4) is 0 Å². The number of aromatic carboxylic acids is 1. The Balaban J connectivity index is 0.000000157. The van der Waals surface area contributed by atoms with E-state index in [1.165, 1.54) is 30.3 Å². The summed E-state index contributed by atoms with van der Waals surface area (Å²) in [6.45, 7) is 0. The number of fused-ring (bicyclic) bond motifs is 3. The van der Waals surface area contributed by atoms with Crippen LogP contribution in [-0.2, 0) is 0 Å². The van der Waals surface area contributed by atoms with Gasteiger partial charge in [-0.15, -0.1) is 0 Å². The molecule has 164 valence electrons. The summed E-state index contributed by atoms with van der Waals surface area (Å²) in [5, 5.41) is 9.53. The minimum Gasteiger partial charge on any atom is -0.478 e. The summed E-state index contributed by atoms with van der Waals surface area (Å²) in [6, 6.07) is 20.0. The van der Waals surface area contributed by atoms with E-state index in [1.807, 2.05) is 12.1 Å². The number of carbonyl (C=O) groups is 2. The van der Waals surface area contributed by atoms with E-state index in [-0.39, 0.29) is 21.4 Å². The Labute approximate surface area is 197 Å². The molecule has 0 saturated heterocycles. The van der Waals surface area contributed by atoms with Crippen molar-refractivity contribution in [3.8, 4) is 22.3 Å². The van der Waals surface area contributed by atoms with Gasteiger partial charge in [0, 0.05) is 22.3 Å². The van der Waals surface area contributed by atoms with Crippen LogP contribution < -0.4 is 0 Å². The molecule has 0 aliphatic heterocycles. The Morgan fingerprint density at radius 3 is 1.94 bits per heavy atom. The number of ketones is 1. The second-order valence-corrected chi connectivity index (χ2v) is 7.97. The lowest BCUT2D eigenvalue weighted by atomic mass is 10.00. The van der Waals surface area contributed by atoms with Gasteiger partial charge in [-0.05, 0) is 47.5 Å². The molecule has 3 nitrogen and oxygen atoms in total. The van der Waals surface area contributed by atoms with Gasteiger partial charge in [0.05, 0.1) is 15.6 Å². The van der Waals surface area contributed by atoms with Crippen LogP contribution in [-0.4, -0.2) is 16.9 Å². The molecular formula is C26H14Cl2F2O3. The molecule has 4 aromatic carbocycles. The highest BCUT2D eigenvalue weighted by Gasteiger charge is 2.28. The fraction of sp³-hybridized carbons (Fsp3) is 0. The van der Waals surface area contributed by atoms with Crippen molar-refractivity contribution in [1.29, 1.82) is 0 Å². The molecule has 0 fully saturated rings. The number of rotatable bonds is 2. The first kappa shape index (κ1) is 22.6. The standard InChI is InChI=1S/C13H8ClFO2.C13H6ClFO/c14-12-7-8(15)5-6-10(12)9-3-1-2-4-11(9)13(16)17;14-11-6-7(15)5-10-12(11)8-3-1-2-4-9(8)13(10)16/h1-7H,(H,16,17);1-6H. The molecule has 0 saturated carbocycles.